The number of aliphatic hydroxyl groups is 1. The molecule has 1 fully saturated rings. The predicted octanol–water partition coefficient (Wildman–Crippen LogP) is 3.12. The fourth-order valence-electron chi connectivity index (χ4n) is 3.37. The van der Waals surface area contributed by atoms with Gasteiger partial charge in [0.15, 0.2) is 0 Å². The number of aromatic nitrogens is 3. The number of aryl methyl sites for hydroxylation is 1. The summed E-state index contributed by atoms with van der Waals surface area (Å²) in [6, 6.07) is 3.96. The van der Waals surface area contributed by atoms with Crippen molar-refractivity contribution in [2.75, 3.05) is 31.4 Å². The van der Waals surface area contributed by atoms with Gasteiger partial charge in [0.2, 0.25) is 11.8 Å². The van der Waals surface area contributed by atoms with Crippen molar-refractivity contribution in [1.82, 2.24) is 15.0 Å². The van der Waals surface area contributed by atoms with Crippen molar-refractivity contribution in [1.29, 1.82) is 0 Å². The molecule has 1 aliphatic carbocycles. The number of aliphatic hydroxyl groups excluding tert-OH is 1. The van der Waals surface area contributed by atoms with Gasteiger partial charge in [-0.25, -0.2) is 9.97 Å². The van der Waals surface area contributed by atoms with Crippen molar-refractivity contribution in [3.8, 4) is 17.0 Å². The summed E-state index contributed by atoms with van der Waals surface area (Å²) in [5.41, 5.74) is 2.37. The average molecular weight is 378 g/mol. The van der Waals surface area contributed by atoms with Crippen LogP contribution in [0.25, 0.3) is 11.1 Å². The van der Waals surface area contributed by atoms with Crippen molar-refractivity contribution in [2.45, 2.75) is 32.2 Å². The van der Waals surface area contributed by atoms with Crippen LogP contribution in [0.2, 0.25) is 5.15 Å². The molecular weight excluding hydrogens is 354 g/mol. The first-order valence-corrected chi connectivity index (χ1v) is 9.08. The first-order valence-electron chi connectivity index (χ1n) is 8.70. The number of methoxy groups -OCH3 is 1. The number of halogens is 1. The van der Waals surface area contributed by atoms with E-state index in [0.717, 1.165) is 36.1 Å². The van der Waals surface area contributed by atoms with Gasteiger partial charge in [0.1, 0.15) is 11.0 Å². The largest absolute Gasteiger partial charge is 0.481 e. The minimum Gasteiger partial charge on any atom is -0.481 e. The lowest BCUT2D eigenvalue weighted by Crippen LogP contribution is -2.19. The van der Waals surface area contributed by atoms with Gasteiger partial charge in [0.05, 0.1) is 12.7 Å². The monoisotopic (exact) mass is 377 g/mol. The van der Waals surface area contributed by atoms with E-state index in [1.54, 1.807) is 20.2 Å². The molecular formula is C18H24ClN5O2. The Morgan fingerprint density at radius 2 is 2.08 bits per heavy atom. The first-order chi connectivity index (χ1) is 12.5. The second-order valence-corrected chi connectivity index (χ2v) is 6.86. The Kier molecular flexibility index (Phi) is 5.78. The molecule has 140 valence electrons. The van der Waals surface area contributed by atoms with Gasteiger partial charge in [0, 0.05) is 37.0 Å². The molecule has 0 aliphatic heterocycles. The molecule has 2 heterocycles. The zero-order valence-corrected chi connectivity index (χ0v) is 16.0. The third-order valence-electron chi connectivity index (χ3n) is 4.77. The highest BCUT2D eigenvalue weighted by Gasteiger charge is 2.26. The number of hydrogen-bond donors (Lipinski definition) is 3. The molecule has 26 heavy (non-hydrogen) atoms. The lowest BCUT2D eigenvalue weighted by atomic mass is 10.1. The van der Waals surface area contributed by atoms with Crippen LogP contribution < -0.4 is 15.4 Å². The summed E-state index contributed by atoms with van der Waals surface area (Å²) in [6.07, 6.45) is 2.90. The zero-order chi connectivity index (χ0) is 18.7. The van der Waals surface area contributed by atoms with Crippen LogP contribution >= 0.6 is 11.6 Å². The summed E-state index contributed by atoms with van der Waals surface area (Å²) in [5, 5.41) is 16.2. The third kappa shape index (κ3) is 3.83. The van der Waals surface area contributed by atoms with Gasteiger partial charge in [0.25, 0.3) is 0 Å². The lowest BCUT2D eigenvalue weighted by molar-refractivity contribution is 0.229. The molecule has 0 amide bonds. The van der Waals surface area contributed by atoms with Crippen LogP contribution in [0.1, 0.15) is 25.0 Å². The Morgan fingerprint density at radius 3 is 2.69 bits per heavy atom. The number of nitrogens with zero attached hydrogens (tertiary/aromatic N) is 3. The van der Waals surface area contributed by atoms with Crippen LogP contribution in [0.5, 0.6) is 5.88 Å². The van der Waals surface area contributed by atoms with E-state index in [1.165, 1.54) is 0 Å². The molecule has 3 rings (SSSR count). The fourth-order valence-corrected chi connectivity index (χ4v) is 3.64. The highest BCUT2D eigenvalue weighted by atomic mass is 35.5. The topological polar surface area (TPSA) is 92.2 Å². The second-order valence-electron chi connectivity index (χ2n) is 6.50. The third-order valence-corrected chi connectivity index (χ3v) is 5.04. The molecule has 2 atom stereocenters. The predicted molar refractivity (Wildman–Crippen MR) is 103 cm³/mol. The normalized spacial score (nSPS) is 19.4. The molecule has 2 aromatic rings. The van der Waals surface area contributed by atoms with Crippen molar-refractivity contribution in [3.05, 3.63) is 23.0 Å². The van der Waals surface area contributed by atoms with E-state index in [0.29, 0.717) is 28.7 Å². The van der Waals surface area contributed by atoms with Crippen LogP contribution in [0.4, 0.5) is 11.8 Å². The Morgan fingerprint density at radius 1 is 1.27 bits per heavy atom. The Hall–Kier alpha value is -2.12. The smallest absolute Gasteiger partial charge is 0.225 e. The quantitative estimate of drug-likeness (QED) is 0.666. The summed E-state index contributed by atoms with van der Waals surface area (Å²) in [7, 11) is 3.34. The molecule has 2 aromatic heterocycles. The van der Waals surface area contributed by atoms with E-state index in [9.17, 15) is 5.11 Å². The van der Waals surface area contributed by atoms with Crippen molar-refractivity contribution in [3.63, 3.8) is 0 Å². The molecule has 0 aromatic carbocycles. The van der Waals surface area contributed by atoms with E-state index in [4.69, 9.17) is 16.3 Å². The summed E-state index contributed by atoms with van der Waals surface area (Å²) in [4.78, 5) is 13.3. The highest BCUT2D eigenvalue weighted by Crippen LogP contribution is 2.37. The van der Waals surface area contributed by atoms with E-state index in [2.05, 4.69) is 25.6 Å². The molecule has 7 nitrogen and oxygen atoms in total. The molecule has 0 spiro atoms. The summed E-state index contributed by atoms with van der Waals surface area (Å²) in [5.74, 6) is 2.01. The van der Waals surface area contributed by atoms with Gasteiger partial charge < -0.3 is 20.5 Å². The van der Waals surface area contributed by atoms with Gasteiger partial charge in [-0.2, -0.15) is 4.98 Å². The number of nitrogens with one attached hydrogen (secondary N) is 2. The van der Waals surface area contributed by atoms with E-state index >= 15 is 0 Å². The first kappa shape index (κ1) is 18.7. The highest BCUT2D eigenvalue weighted by molar-refractivity contribution is 6.32. The minimum atomic E-state index is 0.221. The van der Waals surface area contributed by atoms with E-state index in [1.807, 2.05) is 13.0 Å². The summed E-state index contributed by atoms with van der Waals surface area (Å²) >= 11 is 6.50. The summed E-state index contributed by atoms with van der Waals surface area (Å²) in [6.45, 7) is 2.13. The molecule has 3 N–H and O–H groups in total. The van der Waals surface area contributed by atoms with Gasteiger partial charge in [-0.1, -0.05) is 11.6 Å². The number of ether oxygens (including phenoxy) is 1. The average Bonchev–Trinajstić information content (AvgIpc) is 3.09. The molecule has 1 aliphatic rings. The van der Waals surface area contributed by atoms with Crippen LogP contribution in [-0.4, -0.2) is 46.9 Å². The van der Waals surface area contributed by atoms with Crippen molar-refractivity contribution in [2.24, 2.45) is 5.92 Å². The van der Waals surface area contributed by atoms with E-state index < -0.39 is 0 Å². The molecule has 0 unspecified atom stereocenters. The maximum atomic E-state index is 9.39. The van der Waals surface area contributed by atoms with Gasteiger partial charge >= 0.3 is 0 Å². The number of rotatable bonds is 6. The number of pyridine rings is 1. The Labute approximate surface area is 158 Å². The van der Waals surface area contributed by atoms with Crippen LogP contribution in [0.15, 0.2) is 12.1 Å². The van der Waals surface area contributed by atoms with E-state index in [-0.39, 0.29) is 12.6 Å². The second kappa shape index (κ2) is 8.05. The van der Waals surface area contributed by atoms with Crippen LogP contribution in [-0.2, 0) is 0 Å². The Bertz CT molecular complexity index is 786. The minimum absolute atomic E-state index is 0.221. The van der Waals surface area contributed by atoms with Crippen molar-refractivity contribution < 1.29 is 9.84 Å². The van der Waals surface area contributed by atoms with Gasteiger partial charge in [-0.15, -0.1) is 0 Å². The van der Waals surface area contributed by atoms with Gasteiger partial charge in [-0.3, -0.25) is 0 Å². The number of anilines is 2. The maximum Gasteiger partial charge on any atom is 0.225 e. The molecule has 0 radical (unpaired) electrons. The fraction of sp³-hybridized carbons (Fsp3) is 0.500. The van der Waals surface area contributed by atoms with Crippen molar-refractivity contribution >= 4 is 23.4 Å². The standard InChI is InChI=1S/C18H24ClN5O2/c1-10-13(6-7-14(21-10)26-3)15-16(19)23-18(20-2)24-17(15)22-12-5-4-11(8-12)9-25/h6-7,11-12,25H,4-5,8-9H2,1-3H3,(H2,20,22,23,24)/t11-,12+/m1/s1. The molecule has 0 bridgehead atoms. The Balaban J connectivity index is 2.01. The number of hydrogen-bond acceptors (Lipinski definition) is 7. The molecule has 8 heteroatoms. The zero-order valence-electron chi connectivity index (χ0n) is 15.2. The lowest BCUT2D eigenvalue weighted by Gasteiger charge is -2.19. The summed E-state index contributed by atoms with van der Waals surface area (Å²) < 4.78 is 5.19. The SMILES string of the molecule is CNc1nc(Cl)c(-c2ccc(OC)nc2C)c(N[C@H]2CC[C@@H](CO)C2)n1. The molecule has 1 saturated carbocycles. The van der Waals surface area contributed by atoms with Crippen LogP contribution in [0, 0.1) is 12.8 Å². The van der Waals surface area contributed by atoms with Crippen LogP contribution in [0.3, 0.4) is 0 Å². The van der Waals surface area contributed by atoms with Gasteiger partial charge in [-0.05, 0) is 38.2 Å². The molecule has 0 saturated heterocycles. The maximum absolute atomic E-state index is 9.39.